The number of halogens is 4. The summed E-state index contributed by atoms with van der Waals surface area (Å²) in [5.74, 6) is 0. The van der Waals surface area contributed by atoms with Gasteiger partial charge in [0.1, 0.15) is 0 Å². The Morgan fingerprint density at radius 1 is 1.33 bits per heavy atom. The Morgan fingerprint density at radius 3 is 2.50 bits per heavy atom. The molecule has 1 aromatic carbocycles. The second kappa shape index (κ2) is 6.29. The first kappa shape index (κ1) is 15.1. The number of nitrogen functional groups attached to an aromatic ring is 1. The molecule has 0 fully saturated rings. The molecule has 0 aliphatic heterocycles. The van der Waals surface area contributed by atoms with Crippen molar-refractivity contribution in [3.05, 3.63) is 28.8 Å². The summed E-state index contributed by atoms with van der Waals surface area (Å²) in [7, 11) is 0. The van der Waals surface area contributed by atoms with E-state index in [4.69, 9.17) is 17.3 Å². The van der Waals surface area contributed by atoms with Gasteiger partial charge in [0.25, 0.3) is 0 Å². The van der Waals surface area contributed by atoms with Crippen molar-refractivity contribution >= 4 is 17.3 Å². The van der Waals surface area contributed by atoms with Crippen LogP contribution in [-0.4, -0.2) is 24.2 Å². The maximum atomic E-state index is 12.4. The average molecular weight is 281 g/mol. The van der Waals surface area contributed by atoms with Gasteiger partial charge in [0.2, 0.25) is 0 Å². The van der Waals surface area contributed by atoms with E-state index in [0.29, 0.717) is 23.7 Å². The van der Waals surface area contributed by atoms with E-state index in [-0.39, 0.29) is 6.54 Å². The van der Waals surface area contributed by atoms with Crippen molar-refractivity contribution in [3.63, 3.8) is 0 Å². The molecule has 0 amide bonds. The van der Waals surface area contributed by atoms with Crippen LogP contribution in [0, 0.1) is 0 Å². The predicted molar refractivity (Wildman–Crippen MR) is 67.5 cm³/mol. The Balaban J connectivity index is 2.73. The largest absolute Gasteiger partial charge is 0.401 e. The van der Waals surface area contributed by atoms with Gasteiger partial charge in [-0.15, -0.1) is 0 Å². The monoisotopic (exact) mass is 280 g/mol. The highest BCUT2D eigenvalue weighted by atomic mass is 35.5. The second-order valence-corrected chi connectivity index (χ2v) is 4.59. The van der Waals surface area contributed by atoms with Crippen molar-refractivity contribution in [1.29, 1.82) is 0 Å². The van der Waals surface area contributed by atoms with Crippen LogP contribution in [0.1, 0.15) is 18.9 Å². The van der Waals surface area contributed by atoms with Crippen LogP contribution in [0.25, 0.3) is 0 Å². The molecule has 102 valence electrons. The first-order chi connectivity index (χ1) is 8.31. The molecular weight excluding hydrogens is 265 g/mol. The fourth-order valence-electron chi connectivity index (χ4n) is 1.71. The van der Waals surface area contributed by atoms with Crippen molar-refractivity contribution in [2.75, 3.05) is 18.8 Å². The number of alkyl halides is 3. The van der Waals surface area contributed by atoms with E-state index in [1.54, 1.807) is 18.2 Å². The van der Waals surface area contributed by atoms with Crippen LogP contribution < -0.4 is 5.73 Å². The lowest BCUT2D eigenvalue weighted by Gasteiger charge is -2.23. The van der Waals surface area contributed by atoms with E-state index >= 15 is 0 Å². The van der Waals surface area contributed by atoms with Crippen LogP contribution in [0.4, 0.5) is 18.9 Å². The van der Waals surface area contributed by atoms with E-state index in [1.165, 1.54) is 4.90 Å². The Bertz CT molecular complexity index is 393. The number of benzene rings is 1. The Morgan fingerprint density at radius 2 is 2.00 bits per heavy atom. The third kappa shape index (κ3) is 5.14. The molecule has 0 saturated carbocycles. The van der Waals surface area contributed by atoms with Crippen LogP contribution >= 0.6 is 11.6 Å². The zero-order valence-corrected chi connectivity index (χ0v) is 10.9. The molecule has 0 spiro atoms. The fourth-order valence-corrected chi connectivity index (χ4v) is 1.91. The third-order valence-electron chi connectivity index (χ3n) is 2.41. The lowest BCUT2D eigenvalue weighted by atomic mass is 10.2. The molecule has 2 nitrogen and oxygen atoms in total. The summed E-state index contributed by atoms with van der Waals surface area (Å²) in [5, 5.41) is 0.371. The smallest absolute Gasteiger partial charge is 0.398 e. The molecule has 1 aromatic rings. The van der Waals surface area contributed by atoms with Crippen molar-refractivity contribution in [3.8, 4) is 0 Å². The van der Waals surface area contributed by atoms with Crippen molar-refractivity contribution in [2.24, 2.45) is 0 Å². The quantitative estimate of drug-likeness (QED) is 0.834. The zero-order chi connectivity index (χ0) is 13.8. The molecule has 2 N–H and O–H groups in total. The summed E-state index contributed by atoms with van der Waals surface area (Å²) in [6.07, 6.45) is -3.52. The van der Waals surface area contributed by atoms with E-state index in [1.807, 2.05) is 6.92 Å². The van der Waals surface area contributed by atoms with Gasteiger partial charge in [-0.2, -0.15) is 13.2 Å². The summed E-state index contributed by atoms with van der Waals surface area (Å²) < 4.78 is 37.2. The van der Waals surface area contributed by atoms with Gasteiger partial charge in [0.05, 0.1) is 17.3 Å². The van der Waals surface area contributed by atoms with Gasteiger partial charge in [-0.1, -0.05) is 24.6 Å². The van der Waals surface area contributed by atoms with Gasteiger partial charge in [-0.25, -0.2) is 0 Å². The van der Waals surface area contributed by atoms with Gasteiger partial charge in [-0.05, 0) is 30.7 Å². The van der Waals surface area contributed by atoms with Crippen LogP contribution in [0.5, 0.6) is 0 Å². The third-order valence-corrected chi connectivity index (χ3v) is 2.74. The normalized spacial score (nSPS) is 12.1. The van der Waals surface area contributed by atoms with E-state index in [9.17, 15) is 13.2 Å². The molecule has 0 heterocycles. The number of nitrogens with zero attached hydrogens (tertiary/aromatic N) is 1. The molecule has 0 aromatic heterocycles. The van der Waals surface area contributed by atoms with Crippen LogP contribution in [0.2, 0.25) is 5.02 Å². The minimum Gasteiger partial charge on any atom is -0.398 e. The molecule has 0 radical (unpaired) electrons. The molecule has 1 rings (SSSR count). The van der Waals surface area contributed by atoms with E-state index < -0.39 is 12.7 Å². The summed E-state index contributed by atoms with van der Waals surface area (Å²) >= 11 is 5.84. The molecule has 0 unspecified atom stereocenters. The van der Waals surface area contributed by atoms with Gasteiger partial charge in [0, 0.05) is 6.54 Å². The maximum Gasteiger partial charge on any atom is 0.401 e. The lowest BCUT2D eigenvalue weighted by molar-refractivity contribution is -0.147. The first-order valence-corrected chi connectivity index (χ1v) is 6.02. The molecule has 18 heavy (non-hydrogen) atoms. The van der Waals surface area contributed by atoms with Gasteiger partial charge < -0.3 is 5.73 Å². The first-order valence-electron chi connectivity index (χ1n) is 5.65. The summed E-state index contributed by atoms with van der Waals surface area (Å²) in [6, 6.07) is 4.91. The fraction of sp³-hybridized carbons (Fsp3) is 0.500. The average Bonchev–Trinajstić information content (AvgIpc) is 2.21. The highest BCUT2D eigenvalue weighted by Crippen LogP contribution is 2.22. The standard InChI is InChI=1S/C12H16ClF3N2/c1-2-5-18(8-12(14,15)16)7-9-3-4-11(17)10(13)6-9/h3-4,6H,2,5,7-8,17H2,1H3. The van der Waals surface area contributed by atoms with Crippen molar-refractivity contribution in [2.45, 2.75) is 26.1 Å². The predicted octanol–water partition coefficient (Wildman–Crippen LogP) is 3.70. The minimum absolute atomic E-state index is 0.216. The molecule has 0 atom stereocenters. The molecular formula is C12H16ClF3N2. The molecule has 0 saturated heterocycles. The van der Waals surface area contributed by atoms with Gasteiger partial charge >= 0.3 is 6.18 Å². The SMILES string of the molecule is CCCN(Cc1ccc(N)c(Cl)c1)CC(F)(F)F. The van der Waals surface area contributed by atoms with E-state index in [2.05, 4.69) is 0 Å². The Kier molecular flexibility index (Phi) is 5.28. The number of anilines is 1. The Labute approximate surface area is 110 Å². The number of rotatable bonds is 5. The summed E-state index contributed by atoms with van der Waals surface area (Å²) in [4.78, 5) is 1.35. The van der Waals surface area contributed by atoms with Crippen LogP contribution in [0.3, 0.4) is 0 Å². The lowest BCUT2D eigenvalue weighted by Crippen LogP contribution is -2.34. The Hall–Kier alpha value is -0.940. The van der Waals surface area contributed by atoms with Crippen molar-refractivity contribution in [1.82, 2.24) is 4.90 Å². The maximum absolute atomic E-state index is 12.4. The number of nitrogens with two attached hydrogens (primary N) is 1. The second-order valence-electron chi connectivity index (χ2n) is 4.18. The molecule has 0 aliphatic carbocycles. The highest BCUT2D eigenvalue weighted by Gasteiger charge is 2.30. The van der Waals surface area contributed by atoms with E-state index in [0.717, 1.165) is 5.56 Å². The minimum atomic E-state index is -4.19. The van der Waals surface area contributed by atoms with Crippen LogP contribution in [-0.2, 0) is 6.54 Å². The van der Waals surface area contributed by atoms with Gasteiger partial charge in [-0.3, -0.25) is 4.90 Å². The van der Waals surface area contributed by atoms with Crippen molar-refractivity contribution < 1.29 is 13.2 Å². The molecule has 6 heteroatoms. The number of hydrogen-bond acceptors (Lipinski definition) is 2. The number of hydrogen-bond donors (Lipinski definition) is 1. The summed E-state index contributed by atoms with van der Waals surface area (Å²) in [6.45, 7) is 1.54. The van der Waals surface area contributed by atoms with Crippen LogP contribution in [0.15, 0.2) is 18.2 Å². The topological polar surface area (TPSA) is 29.3 Å². The zero-order valence-electron chi connectivity index (χ0n) is 10.1. The highest BCUT2D eigenvalue weighted by molar-refractivity contribution is 6.33. The molecule has 0 bridgehead atoms. The molecule has 0 aliphatic rings. The van der Waals surface area contributed by atoms with Gasteiger partial charge in [0.15, 0.2) is 0 Å². The summed E-state index contributed by atoms with van der Waals surface area (Å²) in [5.41, 5.74) is 6.71.